The molecule has 1 amide bonds. The molecule has 3 nitrogen and oxygen atoms in total. The summed E-state index contributed by atoms with van der Waals surface area (Å²) in [5.74, 6) is 1.19. The molecule has 1 saturated carbocycles. The highest BCUT2D eigenvalue weighted by molar-refractivity contribution is 5.93. The van der Waals surface area contributed by atoms with E-state index in [9.17, 15) is 4.79 Å². The van der Waals surface area contributed by atoms with Gasteiger partial charge in [0.05, 0.1) is 0 Å². The van der Waals surface area contributed by atoms with Gasteiger partial charge in [-0.05, 0) is 72.7 Å². The molecule has 4 rings (SSSR count). The molecule has 2 bridgehead atoms. The fourth-order valence-electron chi connectivity index (χ4n) is 4.68. The van der Waals surface area contributed by atoms with E-state index in [0.717, 1.165) is 5.92 Å². The Labute approximate surface area is 132 Å². The number of nitrogens with two attached hydrogens (primary N) is 1. The molecule has 2 aliphatic carbocycles. The number of likely N-dealkylation sites (tertiary alicyclic amines) is 1. The Kier molecular flexibility index (Phi) is 3.12. The molecule has 1 heterocycles. The number of nitrogens with zero attached hydrogens (tertiary/aromatic N) is 1. The molecule has 0 spiro atoms. The summed E-state index contributed by atoms with van der Waals surface area (Å²) in [6.07, 6.45) is 5.26. The van der Waals surface area contributed by atoms with Gasteiger partial charge in [0.2, 0.25) is 5.91 Å². The van der Waals surface area contributed by atoms with E-state index in [4.69, 9.17) is 5.73 Å². The topological polar surface area (TPSA) is 46.3 Å². The van der Waals surface area contributed by atoms with Gasteiger partial charge in [0, 0.05) is 18.2 Å². The monoisotopic (exact) mass is 298 g/mol. The summed E-state index contributed by atoms with van der Waals surface area (Å²) < 4.78 is 0. The van der Waals surface area contributed by atoms with Crippen LogP contribution in [0.1, 0.15) is 66.9 Å². The lowest BCUT2D eigenvalue weighted by molar-refractivity contribution is 0.0671. The second kappa shape index (κ2) is 4.82. The summed E-state index contributed by atoms with van der Waals surface area (Å²) in [5.41, 5.74) is 9.16. The van der Waals surface area contributed by atoms with E-state index in [1.807, 2.05) is 6.07 Å². The van der Waals surface area contributed by atoms with E-state index in [1.54, 1.807) is 0 Å². The number of carbonyl (C=O) groups excluding carboxylic acids is 1. The van der Waals surface area contributed by atoms with Crippen molar-refractivity contribution in [1.82, 2.24) is 4.90 Å². The first-order chi connectivity index (χ1) is 10.5. The van der Waals surface area contributed by atoms with Gasteiger partial charge in [-0.3, -0.25) is 9.69 Å². The van der Waals surface area contributed by atoms with Crippen molar-refractivity contribution >= 4 is 5.91 Å². The quantitative estimate of drug-likeness (QED) is 0.932. The van der Waals surface area contributed by atoms with Gasteiger partial charge in [0.1, 0.15) is 0 Å². The minimum Gasteiger partial charge on any atom is -0.366 e. The third-order valence-electron chi connectivity index (χ3n) is 6.32. The Hall–Kier alpha value is -1.35. The minimum absolute atomic E-state index is 0.206. The fourth-order valence-corrected chi connectivity index (χ4v) is 4.68. The van der Waals surface area contributed by atoms with Gasteiger partial charge in [-0.25, -0.2) is 0 Å². The van der Waals surface area contributed by atoms with Crippen LogP contribution in [0, 0.1) is 5.92 Å². The van der Waals surface area contributed by atoms with Crippen LogP contribution in [-0.2, 0) is 5.41 Å². The molecule has 3 atom stereocenters. The highest BCUT2D eigenvalue weighted by Gasteiger charge is 2.46. The molecule has 1 aromatic carbocycles. The highest BCUT2D eigenvalue weighted by Crippen LogP contribution is 2.50. The maximum Gasteiger partial charge on any atom is 0.248 e. The average molecular weight is 298 g/mol. The molecule has 1 aliphatic heterocycles. The SMILES string of the molecule is C[C@@H]1c2ccc(C(N)=O)cc2C2(C)CCN(CC3CC3)[C@@H]1C2. The summed E-state index contributed by atoms with van der Waals surface area (Å²) in [7, 11) is 0. The van der Waals surface area contributed by atoms with Gasteiger partial charge in [0.15, 0.2) is 0 Å². The Morgan fingerprint density at radius 3 is 2.86 bits per heavy atom. The first-order valence-electron chi connectivity index (χ1n) is 8.66. The molecule has 2 fully saturated rings. The van der Waals surface area contributed by atoms with E-state index in [1.165, 1.54) is 49.9 Å². The molecule has 0 aromatic heterocycles. The third kappa shape index (κ3) is 2.18. The average Bonchev–Trinajstić information content (AvgIpc) is 3.31. The van der Waals surface area contributed by atoms with Crippen molar-refractivity contribution < 1.29 is 4.79 Å². The zero-order valence-corrected chi connectivity index (χ0v) is 13.6. The number of amides is 1. The zero-order chi connectivity index (χ0) is 15.5. The second-order valence-electron chi connectivity index (χ2n) is 7.98. The number of fused-ring (bicyclic) bond motifs is 4. The van der Waals surface area contributed by atoms with Crippen LogP contribution in [0.5, 0.6) is 0 Å². The smallest absolute Gasteiger partial charge is 0.248 e. The van der Waals surface area contributed by atoms with Gasteiger partial charge in [-0.15, -0.1) is 0 Å². The summed E-state index contributed by atoms with van der Waals surface area (Å²) >= 11 is 0. The molecule has 118 valence electrons. The number of benzene rings is 1. The number of primary amides is 1. The lowest BCUT2D eigenvalue weighted by Gasteiger charge is -2.53. The molecule has 22 heavy (non-hydrogen) atoms. The Balaban J connectivity index is 1.72. The first-order valence-corrected chi connectivity index (χ1v) is 8.66. The van der Waals surface area contributed by atoms with Gasteiger partial charge in [-0.1, -0.05) is 19.9 Å². The van der Waals surface area contributed by atoms with Crippen LogP contribution in [0.15, 0.2) is 18.2 Å². The third-order valence-corrected chi connectivity index (χ3v) is 6.32. The molecule has 3 aliphatic rings. The molecule has 3 heteroatoms. The lowest BCUT2D eigenvalue weighted by atomic mass is 9.61. The Bertz CT molecular complexity index is 622. The van der Waals surface area contributed by atoms with Crippen LogP contribution in [0.4, 0.5) is 0 Å². The highest BCUT2D eigenvalue weighted by atomic mass is 16.1. The molecule has 0 radical (unpaired) electrons. The molecular weight excluding hydrogens is 272 g/mol. The number of hydrogen-bond donors (Lipinski definition) is 1. The van der Waals surface area contributed by atoms with Crippen molar-refractivity contribution in [3.05, 3.63) is 34.9 Å². The van der Waals surface area contributed by atoms with Crippen LogP contribution in [0.25, 0.3) is 0 Å². The molecule has 1 aromatic rings. The Morgan fingerprint density at radius 2 is 2.18 bits per heavy atom. The predicted molar refractivity (Wildman–Crippen MR) is 88.0 cm³/mol. The summed E-state index contributed by atoms with van der Waals surface area (Å²) in [6.45, 7) is 7.23. The molecule has 1 unspecified atom stereocenters. The van der Waals surface area contributed by atoms with Crippen LogP contribution < -0.4 is 5.73 Å². The van der Waals surface area contributed by atoms with Crippen molar-refractivity contribution in [3.63, 3.8) is 0 Å². The summed E-state index contributed by atoms with van der Waals surface area (Å²) in [4.78, 5) is 14.3. The van der Waals surface area contributed by atoms with Crippen molar-refractivity contribution in [2.24, 2.45) is 11.7 Å². The summed E-state index contributed by atoms with van der Waals surface area (Å²) in [6, 6.07) is 6.80. The van der Waals surface area contributed by atoms with Gasteiger partial charge >= 0.3 is 0 Å². The largest absolute Gasteiger partial charge is 0.366 e. The van der Waals surface area contributed by atoms with Crippen molar-refractivity contribution in [3.8, 4) is 0 Å². The van der Waals surface area contributed by atoms with Crippen LogP contribution >= 0.6 is 0 Å². The molecule has 2 N–H and O–H groups in total. The fraction of sp³-hybridized carbons (Fsp3) is 0.632. The van der Waals surface area contributed by atoms with Crippen LogP contribution in [-0.4, -0.2) is 29.9 Å². The number of carbonyl (C=O) groups is 1. The van der Waals surface area contributed by atoms with E-state index in [-0.39, 0.29) is 11.3 Å². The number of piperidine rings is 1. The molecular formula is C19H26N2O. The van der Waals surface area contributed by atoms with Gasteiger partial charge < -0.3 is 5.73 Å². The van der Waals surface area contributed by atoms with Crippen LogP contribution in [0.3, 0.4) is 0 Å². The van der Waals surface area contributed by atoms with E-state index < -0.39 is 0 Å². The van der Waals surface area contributed by atoms with Gasteiger partial charge in [0.25, 0.3) is 0 Å². The van der Waals surface area contributed by atoms with E-state index >= 15 is 0 Å². The minimum atomic E-state index is -0.313. The summed E-state index contributed by atoms with van der Waals surface area (Å²) in [5, 5.41) is 0. The standard InChI is InChI=1S/C19H26N2O/c1-12-15-6-5-14(18(20)22)9-16(15)19(2)7-8-21(17(12)10-19)11-13-3-4-13/h5-6,9,12-13,17H,3-4,7-8,10-11H2,1-2H3,(H2,20,22)/t12-,17-,19?/m1/s1. The van der Waals surface area contributed by atoms with Gasteiger partial charge in [-0.2, -0.15) is 0 Å². The molecule has 1 saturated heterocycles. The normalized spacial score (nSPS) is 34.3. The number of hydrogen-bond acceptors (Lipinski definition) is 2. The maximum atomic E-state index is 11.5. The first kappa shape index (κ1) is 14.3. The predicted octanol–water partition coefficient (Wildman–Crippen LogP) is 3.03. The van der Waals surface area contributed by atoms with E-state index in [2.05, 4.69) is 30.9 Å². The second-order valence-corrected chi connectivity index (χ2v) is 7.98. The zero-order valence-electron chi connectivity index (χ0n) is 13.6. The Morgan fingerprint density at radius 1 is 1.41 bits per heavy atom. The van der Waals surface area contributed by atoms with Crippen LogP contribution in [0.2, 0.25) is 0 Å². The van der Waals surface area contributed by atoms with Crippen molar-refractivity contribution in [2.75, 3.05) is 13.1 Å². The lowest BCUT2D eigenvalue weighted by Crippen LogP contribution is -2.54. The van der Waals surface area contributed by atoms with Crippen molar-refractivity contribution in [1.29, 1.82) is 0 Å². The van der Waals surface area contributed by atoms with Crippen molar-refractivity contribution in [2.45, 2.75) is 56.9 Å². The van der Waals surface area contributed by atoms with E-state index in [0.29, 0.717) is 17.5 Å². The maximum absolute atomic E-state index is 11.5. The number of rotatable bonds is 3.